The van der Waals surface area contributed by atoms with Crippen LogP contribution in [0, 0.1) is 0 Å². The van der Waals surface area contributed by atoms with Gasteiger partial charge in [-0.05, 0) is 58.7 Å². The van der Waals surface area contributed by atoms with Crippen molar-refractivity contribution in [3.05, 3.63) is 118 Å². The lowest BCUT2D eigenvalue weighted by molar-refractivity contribution is 0.0330. The Hall–Kier alpha value is -3.92. The molecule has 2 heterocycles. The Morgan fingerprint density at radius 1 is 0.528 bits per heavy atom. The van der Waals surface area contributed by atoms with E-state index in [9.17, 15) is 10.2 Å². The summed E-state index contributed by atoms with van der Waals surface area (Å²) in [4.78, 5) is 0. The van der Waals surface area contributed by atoms with Gasteiger partial charge in [-0.25, -0.2) is 0 Å². The lowest BCUT2D eigenvalue weighted by atomic mass is 9.75. The average Bonchev–Trinajstić information content (AvgIpc) is 3.39. The predicted octanol–water partition coefficient (Wildman–Crippen LogP) is 6.99. The second-order valence-electron chi connectivity index (χ2n) is 10.9. The van der Waals surface area contributed by atoms with Crippen LogP contribution in [0.2, 0.25) is 0 Å². The maximum atomic E-state index is 9.74. The molecule has 182 valence electrons. The van der Waals surface area contributed by atoms with Gasteiger partial charge in [-0.1, -0.05) is 76.2 Å². The van der Waals surface area contributed by atoms with E-state index < -0.39 is 0 Å². The number of hydrogen-bond acceptors (Lipinski definition) is 4. The summed E-state index contributed by atoms with van der Waals surface area (Å²) in [5.41, 5.74) is 6.44. The highest BCUT2D eigenvalue weighted by Crippen LogP contribution is 2.52. The van der Waals surface area contributed by atoms with Crippen LogP contribution in [0.15, 0.2) is 84.9 Å². The van der Waals surface area contributed by atoms with Gasteiger partial charge in [-0.3, -0.25) is 0 Å². The monoisotopic (exact) mass is 478 g/mol. The fourth-order valence-corrected chi connectivity index (χ4v) is 5.54. The zero-order chi connectivity index (χ0) is 25.2. The van der Waals surface area contributed by atoms with Crippen LogP contribution in [0.4, 0.5) is 0 Å². The molecule has 4 aromatic carbocycles. The van der Waals surface area contributed by atoms with E-state index in [0.717, 1.165) is 33.8 Å². The van der Waals surface area contributed by atoms with Crippen LogP contribution in [-0.4, -0.2) is 16.5 Å². The van der Waals surface area contributed by atoms with Crippen molar-refractivity contribution in [1.29, 1.82) is 0 Å². The zero-order valence-electron chi connectivity index (χ0n) is 20.9. The van der Waals surface area contributed by atoms with Crippen LogP contribution in [0.1, 0.15) is 67.0 Å². The molecular formula is C32H30O4. The lowest BCUT2D eigenvalue weighted by Crippen LogP contribution is -2.20. The van der Waals surface area contributed by atoms with E-state index in [2.05, 4.69) is 64.1 Å². The van der Waals surface area contributed by atoms with E-state index in [1.165, 1.54) is 11.1 Å². The van der Waals surface area contributed by atoms with Gasteiger partial charge < -0.3 is 19.7 Å². The number of rotatable bonds is 4. The number of hydrogen-bond donors (Lipinski definition) is 2. The standard InChI is InChI=1S/C32H30O4/c1-31(2,19-5-11-23(33)12-6-19)21-9-15-27-25(17-21)29-26-18-22(10-16-28(26)36-30(29)35-27)32(3,4)20-7-13-24(34)14-8-20/h5-18,29-30,33-34H,1-4H3. The molecule has 0 radical (unpaired) electrons. The lowest BCUT2D eigenvalue weighted by Gasteiger charge is -2.27. The molecule has 4 aromatic rings. The third kappa shape index (κ3) is 3.43. The summed E-state index contributed by atoms with van der Waals surface area (Å²) in [5.74, 6) is 2.27. The fourth-order valence-electron chi connectivity index (χ4n) is 5.54. The first-order valence-corrected chi connectivity index (χ1v) is 12.4. The molecule has 4 nitrogen and oxygen atoms in total. The van der Waals surface area contributed by atoms with Crippen molar-refractivity contribution < 1.29 is 19.7 Å². The number of benzene rings is 4. The van der Waals surface area contributed by atoms with Crippen molar-refractivity contribution >= 4 is 0 Å². The molecule has 36 heavy (non-hydrogen) atoms. The molecule has 2 aliphatic heterocycles. The summed E-state index contributed by atoms with van der Waals surface area (Å²) in [6.45, 7) is 8.80. The maximum Gasteiger partial charge on any atom is 0.252 e. The van der Waals surface area contributed by atoms with Gasteiger partial charge in [0.25, 0.3) is 6.29 Å². The molecule has 0 amide bonds. The van der Waals surface area contributed by atoms with Crippen molar-refractivity contribution in [1.82, 2.24) is 0 Å². The molecule has 0 saturated heterocycles. The van der Waals surface area contributed by atoms with Crippen LogP contribution in [-0.2, 0) is 10.8 Å². The molecule has 0 saturated carbocycles. The van der Waals surface area contributed by atoms with E-state index in [-0.39, 0.29) is 34.5 Å². The average molecular weight is 479 g/mol. The predicted molar refractivity (Wildman–Crippen MR) is 140 cm³/mol. The van der Waals surface area contributed by atoms with Crippen molar-refractivity contribution in [2.45, 2.75) is 50.7 Å². The van der Waals surface area contributed by atoms with Crippen LogP contribution in [0.3, 0.4) is 0 Å². The third-order valence-electron chi connectivity index (χ3n) is 8.07. The van der Waals surface area contributed by atoms with Gasteiger partial charge in [0.1, 0.15) is 23.0 Å². The Morgan fingerprint density at radius 2 is 0.889 bits per heavy atom. The largest absolute Gasteiger partial charge is 0.508 e. The summed E-state index contributed by atoms with van der Waals surface area (Å²) in [6.07, 6.45) is -0.367. The van der Waals surface area contributed by atoms with Crippen molar-refractivity contribution in [2.24, 2.45) is 0 Å². The summed E-state index contributed by atoms with van der Waals surface area (Å²) < 4.78 is 12.5. The van der Waals surface area contributed by atoms with E-state index in [0.29, 0.717) is 0 Å². The van der Waals surface area contributed by atoms with Gasteiger partial charge in [0, 0.05) is 22.0 Å². The Bertz CT molecular complexity index is 1340. The minimum Gasteiger partial charge on any atom is -0.508 e. The molecular weight excluding hydrogens is 448 g/mol. The highest BCUT2D eigenvalue weighted by molar-refractivity contribution is 5.58. The molecule has 0 aliphatic carbocycles. The molecule has 2 aliphatic rings. The maximum absolute atomic E-state index is 9.74. The first-order chi connectivity index (χ1) is 17.1. The molecule has 6 rings (SSSR count). The van der Waals surface area contributed by atoms with Crippen molar-refractivity contribution in [3.63, 3.8) is 0 Å². The normalized spacial score (nSPS) is 18.1. The second kappa shape index (κ2) is 7.79. The highest BCUT2D eigenvalue weighted by Gasteiger charge is 2.45. The van der Waals surface area contributed by atoms with Crippen LogP contribution in [0.5, 0.6) is 23.0 Å². The number of phenols is 2. The summed E-state index contributed by atoms with van der Waals surface area (Å²) >= 11 is 0. The molecule has 0 unspecified atom stereocenters. The molecule has 0 bridgehead atoms. The van der Waals surface area contributed by atoms with E-state index in [1.807, 2.05) is 24.3 Å². The van der Waals surface area contributed by atoms with E-state index >= 15 is 0 Å². The summed E-state index contributed by atoms with van der Waals surface area (Å²) in [6, 6.07) is 27.7. The van der Waals surface area contributed by atoms with Crippen LogP contribution in [0.25, 0.3) is 0 Å². The van der Waals surface area contributed by atoms with E-state index in [1.54, 1.807) is 24.3 Å². The smallest absolute Gasteiger partial charge is 0.252 e. The number of phenolic OH excluding ortho intramolecular Hbond substituents is 2. The number of fused-ring (bicyclic) bond motifs is 5. The molecule has 4 heteroatoms. The van der Waals surface area contributed by atoms with E-state index in [4.69, 9.17) is 9.47 Å². The molecule has 0 spiro atoms. The molecule has 0 fully saturated rings. The van der Waals surface area contributed by atoms with Gasteiger partial charge in [0.05, 0.1) is 5.92 Å². The van der Waals surface area contributed by atoms with Crippen LogP contribution >= 0.6 is 0 Å². The topological polar surface area (TPSA) is 58.9 Å². The fraction of sp³-hybridized carbons (Fsp3) is 0.250. The first-order valence-electron chi connectivity index (χ1n) is 12.4. The van der Waals surface area contributed by atoms with Gasteiger partial charge in [0.15, 0.2) is 0 Å². The Kier molecular flexibility index (Phi) is 4.88. The van der Waals surface area contributed by atoms with Crippen LogP contribution < -0.4 is 9.47 Å². The van der Waals surface area contributed by atoms with Crippen molar-refractivity contribution in [3.8, 4) is 23.0 Å². The quantitative estimate of drug-likeness (QED) is 0.332. The minimum atomic E-state index is -0.367. The summed E-state index contributed by atoms with van der Waals surface area (Å²) in [7, 11) is 0. The Morgan fingerprint density at radius 3 is 1.28 bits per heavy atom. The van der Waals surface area contributed by atoms with Crippen molar-refractivity contribution in [2.75, 3.05) is 0 Å². The zero-order valence-corrected chi connectivity index (χ0v) is 20.9. The minimum absolute atomic E-state index is 0.00105. The van der Waals surface area contributed by atoms with Gasteiger partial charge in [-0.2, -0.15) is 0 Å². The molecule has 0 atom stereocenters. The highest BCUT2D eigenvalue weighted by atomic mass is 16.7. The first kappa shape index (κ1) is 22.5. The number of ether oxygens (including phenoxy) is 2. The molecule has 2 N–H and O–H groups in total. The third-order valence-corrected chi connectivity index (χ3v) is 8.07. The Balaban J connectivity index is 1.39. The second-order valence-corrected chi connectivity index (χ2v) is 10.9. The number of aromatic hydroxyl groups is 2. The molecule has 0 aromatic heterocycles. The summed E-state index contributed by atoms with van der Waals surface area (Å²) in [5, 5.41) is 19.5. The van der Waals surface area contributed by atoms with Gasteiger partial charge in [-0.15, -0.1) is 0 Å². The Labute approximate surface area is 211 Å². The van der Waals surface area contributed by atoms with Gasteiger partial charge in [0.2, 0.25) is 0 Å². The van der Waals surface area contributed by atoms with Gasteiger partial charge >= 0.3 is 0 Å². The SMILES string of the molecule is CC(C)(c1ccc(O)cc1)c1ccc2c(c1)C1c3cc(C(C)(C)c4ccc(O)cc4)ccc3OC1O2.